The SMILES string of the molecule is Cc1cnc(NC(=O)c2cnn(-c3ccccc3C)c2C2CC2)s1. The molecule has 1 amide bonds. The van der Waals surface area contributed by atoms with Crippen LogP contribution in [0.3, 0.4) is 0 Å². The minimum Gasteiger partial charge on any atom is -0.298 e. The van der Waals surface area contributed by atoms with Crippen molar-refractivity contribution in [3.05, 3.63) is 58.4 Å². The van der Waals surface area contributed by atoms with Gasteiger partial charge in [-0.05, 0) is 38.3 Å². The van der Waals surface area contributed by atoms with Gasteiger partial charge in [0, 0.05) is 17.0 Å². The first-order valence-electron chi connectivity index (χ1n) is 8.01. The van der Waals surface area contributed by atoms with Gasteiger partial charge in [-0.25, -0.2) is 9.67 Å². The molecule has 0 unspecified atom stereocenters. The van der Waals surface area contributed by atoms with Crippen molar-refractivity contribution in [2.24, 2.45) is 0 Å². The highest BCUT2D eigenvalue weighted by Gasteiger charge is 2.33. The zero-order valence-electron chi connectivity index (χ0n) is 13.6. The lowest BCUT2D eigenvalue weighted by atomic mass is 10.1. The molecule has 1 aromatic carbocycles. The number of carbonyl (C=O) groups is 1. The Morgan fingerprint density at radius 3 is 2.71 bits per heavy atom. The largest absolute Gasteiger partial charge is 0.298 e. The molecular formula is C18H18N4OS. The van der Waals surface area contributed by atoms with Crippen LogP contribution in [0.1, 0.15) is 45.3 Å². The van der Waals surface area contributed by atoms with Gasteiger partial charge in [0.15, 0.2) is 5.13 Å². The highest BCUT2D eigenvalue weighted by molar-refractivity contribution is 7.15. The molecule has 2 heterocycles. The van der Waals surface area contributed by atoms with E-state index in [1.54, 1.807) is 12.4 Å². The number of para-hydroxylation sites is 1. The van der Waals surface area contributed by atoms with E-state index < -0.39 is 0 Å². The first kappa shape index (κ1) is 15.1. The first-order valence-corrected chi connectivity index (χ1v) is 8.83. The average molecular weight is 338 g/mol. The van der Waals surface area contributed by atoms with Crippen molar-refractivity contribution in [2.75, 3.05) is 5.32 Å². The van der Waals surface area contributed by atoms with Crippen LogP contribution in [0.2, 0.25) is 0 Å². The number of hydrogen-bond donors (Lipinski definition) is 1. The number of nitrogens with one attached hydrogen (secondary N) is 1. The first-order chi connectivity index (χ1) is 11.6. The van der Waals surface area contributed by atoms with Crippen molar-refractivity contribution in [1.82, 2.24) is 14.8 Å². The molecule has 0 spiro atoms. The lowest BCUT2D eigenvalue weighted by molar-refractivity contribution is 0.102. The maximum atomic E-state index is 12.7. The summed E-state index contributed by atoms with van der Waals surface area (Å²) >= 11 is 1.48. The Morgan fingerprint density at radius 2 is 2.04 bits per heavy atom. The van der Waals surface area contributed by atoms with Crippen LogP contribution < -0.4 is 5.32 Å². The molecular weight excluding hydrogens is 320 g/mol. The fourth-order valence-electron chi connectivity index (χ4n) is 2.85. The van der Waals surface area contributed by atoms with Crippen molar-refractivity contribution in [1.29, 1.82) is 0 Å². The molecule has 1 saturated carbocycles. The molecule has 2 aromatic heterocycles. The number of thiazole rings is 1. The second kappa shape index (κ2) is 5.87. The third-order valence-corrected chi connectivity index (χ3v) is 5.03. The van der Waals surface area contributed by atoms with Crippen LogP contribution in [0.15, 0.2) is 36.7 Å². The number of hydrogen-bond acceptors (Lipinski definition) is 4. The van der Waals surface area contributed by atoms with Gasteiger partial charge in [-0.1, -0.05) is 18.2 Å². The van der Waals surface area contributed by atoms with Crippen LogP contribution in [-0.4, -0.2) is 20.7 Å². The average Bonchev–Trinajstić information content (AvgIpc) is 3.18. The Bertz CT molecular complexity index is 907. The molecule has 24 heavy (non-hydrogen) atoms. The number of rotatable bonds is 4. The summed E-state index contributed by atoms with van der Waals surface area (Å²) in [5, 5.41) is 8.04. The third kappa shape index (κ3) is 2.73. The van der Waals surface area contributed by atoms with Crippen LogP contribution in [0.4, 0.5) is 5.13 Å². The third-order valence-electron chi connectivity index (χ3n) is 4.20. The van der Waals surface area contributed by atoms with E-state index in [4.69, 9.17) is 0 Å². The van der Waals surface area contributed by atoms with E-state index in [9.17, 15) is 4.79 Å². The summed E-state index contributed by atoms with van der Waals surface area (Å²) in [5.41, 5.74) is 3.83. The Labute approximate surface area is 144 Å². The predicted molar refractivity (Wildman–Crippen MR) is 95.1 cm³/mol. The fourth-order valence-corrected chi connectivity index (χ4v) is 3.51. The summed E-state index contributed by atoms with van der Waals surface area (Å²) in [6.07, 6.45) is 5.65. The predicted octanol–water partition coefficient (Wildman–Crippen LogP) is 4.08. The Balaban J connectivity index is 1.72. The zero-order valence-corrected chi connectivity index (χ0v) is 14.4. The molecule has 0 bridgehead atoms. The van der Waals surface area contributed by atoms with Crippen molar-refractivity contribution in [3.8, 4) is 5.69 Å². The minimum atomic E-state index is -0.133. The van der Waals surface area contributed by atoms with Crippen LogP contribution in [0, 0.1) is 13.8 Å². The highest BCUT2D eigenvalue weighted by Crippen LogP contribution is 2.42. The number of benzene rings is 1. The number of anilines is 1. The highest BCUT2D eigenvalue weighted by atomic mass is 32.1. The summed E-state index contributed by atoms with van der Waals surface area (Å²) < 4.78 is 1.93. The summed E-state index contributed by atoms with van der Waals surface area (Å²) in [4.78, 5) is 18.0. The number of amides is 1. The second-order valence-corrected chi connectivity index (χ2v) is 7.38. The molecule has 5 nitrogen and oxygen atoms in total. The van der Waals surface area contributed by atoms with Gasteiger partial charge in [0.2, 0.25) is 0 Å². The molecule has 0 saturated heterocycles. The van der Waals surface area contributed by atoms with Gasteiger partial charge in [-0.3, -0.25) is 10.1 Å². The summed E-state index contributed by atoms with van der Waals surface area (Å²) in [5.74, 6) is 0.275. The van der Waals surface area contributed by atoms with Crippen LogP contribution in [0.5, 0.6) is 0 Å². The monoisotopic (exact) mass is 338 g/mol. The van der Waals surface area contributed by atoms with E-state index >= 15 is 0 Å². The van der Waals surface area contributed by atoms with Crippen molar-refractivity contribution in [2.45, 2.75) is 32.6 Å². The second-order valence-electron chi connectivity index (χ2n) is 6.15. The van der Waals surface area contributed by atoms with Gasteiger partial charge in [-0.2, -0.15) is 5.10 Å². The van der Waals surface area contributed by atoms with Crippen LogP contribution in [-0.2, 0) is 0 Å². The maximum Gasteiger partial charge on any atom is 0.260 e. The van der Waals surface area contributed by atoms with Gasteiger partial charge < -0.3 is 0 Å². The summed E-state index contributed by atoms with van der Waals surface area (Å²) in [7, 11) is 0. The quantitative estimate of drug-likeness (QED) is 0.780. The molecule has 1 aliphatic rings. The van der Waals surface area contributed by atoms with E-state index in [1.165, 1.54) is 11.3 Å². The van der Waals surface area contributed by atoms with Gasteiger partial charge >= 0.3 is 0 Å². The molecule has 1 fully saturated rings. The number of aromatic nitrogens is 3. The molecule has 0 atom stereocenters. The lowest BCUT2D eigenvalue weighted by Crippen LogP contribution is -2.14. The molecule has 6 heteroatoms. The molecule has 0 aliphatic heterocycles. The zero-order chi connectivity index (χ0) is 16.7. The molecule has 1 N–H and O–H groups in total. The topological polar surface area (TPSA) is 59.8 Å². The fraction of sp³-hybridized carbons (Fsp3) is 0.278. The van der Waals surface area contributed by atoms with E-state index in [0.29, 0.717) is 16.6 Å². The Kier molecular flexibility index (Phi) is 3.69. The molecule has 0 radical (unpaired) electrons. The number of nitrogens with zero attached hydrogens (tertiary/aromatic N) is 3. The summed E-state index contributed by atoms with van der Waals surface area (Å²) in [6, 6.07) is 8.11. The molecule has 4 rings (SSSR count). The summed E-state index contributed by atoms with van der Waals surface area (Å²) in [6.45, 7) is 4.03. The van der Waals surface area contributed by atoms with Gasteiger partial charge in [-0.15, -0.1) is 11.3 Å². The van der Waals surface area contributed by atoms with Crippen LogP contribution >= 0.6 is 11.3 Å². The number of carbonyl (C=O) groups excluding carboxylic acids is 1. The van der Waals surface area contributed by atoms with Gasteiger partial charge in [0.1, 0.15) is 0 Å². The van der Waals surface area contributed by atoms with Crippen molar-refractivity contribution in [3.63, 3.8) is 0 Å². The van der Waals surface area contributed by atoms with Gasteiger partial charge in [0.25, 0.3) is 5.91 Å². The van der Waals surface area contributed by atoms with E-state index in [0.717, 1.165) is 34.7 Å². The molecule has 122 valence electrons. The Morgan fingerprint density at radius 1 is 1.25 bits per heavy atom. The van der Waals surface area contributed by atoms with Crippen LogP contribution in [0.25, 0.3) is 5.69 Å². The smallest absolute Gasteiger partial charge is 0.260 e. The van der Waals surface area contributed by atoms with E-state index in [2.05, 4.69) is 28.4 Å². The Hall–Kier alpha value is -2.47. The minimum absolute atomic E-state index is 0.133. The standard InChI is InChI=1S/C18H18N4OS/c1-11-5-3-4-6-15(11)22-16(13-7-8-13)14(10-20-22)17(23)21-18-19-9-12(2)24-18/h3-6,9-10,13H,7-8H2,1-2H3,(H,19,21,23). The van der Waals surface area contributed by atoms with Crippen molar-refractivity contribution < 1.29 is 4.79 Å². The normalized spacial score (nSPS) is 13.9. The lowest BCUT2D eigenvalue weighted by Gasteiger charge is -2.11. The van der Waals surface area contributed by atoms with Gasteiger partial charge in [0.05, 0.1) is 23.1 Å². The number of aryl methyl sites for hydroxylation is 2. The maximum absolute atomic E-state index is 12.7. The molecule has 1 aliphatic carbocycles. The molecule has 3 aromatic rings. The van der Waals surface area contributed by atoms with E-state index in [1.807, 2.05) is 29.8 Å². The van der Waals surface area contributed by atoms with E-state index in [-0.39, 0.29) is 5.91 Å². The van der Waals surface area contributed by atoms with Crippen molar-refractivity contribution >= 4 is 22.4 Å².